The number of likely N-dealkylation sites (tertiary alicyclic amines) is 1. The Balaban J connectivity index is 1.65. The molecule has 3 heterocycles. The molecule has 1 fully saturated rings. The zero-order valence-corrected chi connectivity index (χ0v) is 22.8. The number of hydrogen-bond donors (Lipinski definition) is 3. The first-order chi connectivity index (χ1) is 17.8. The van der Waals surface area contributed by atoms with Crippen molar-refractivity contribution < 1.29 is 23.9 Å². The smallest absolute Gasteiger partial charge is 0.413 e. The molecule has 1 aromatic rings. The molecule has 3 rings (SSSR count). The van der Waals surface area contributed by atoms with Gasteiger partial charge in [-0.25, -0.2) is 9.78 Å². The number of aromatic nitrogens is 1. The van der Waals surface area contributed by atoms with Crippen LogP contribution < -0.4 is 16.0 Å². The Morgan fingerprint density at radius 2 is 1.92 bits per heavy atom. The van der Waals surface area contributed by atoms with Crippen LogP contribution in [0.4, 0.5) is 16.3 Å². The van der Waals surface area contributed by atoms with E-state index in [2.05, 4.69) is 27.5 Å². The van der Waals surface area contributed by atoms with Crippen LogP contribution in [-0.2, 0) is 19.1 Å². The number of nitrogens with one attached hydrogen (secondary N) is 3. The third kappa shape index (κ3) is 7.77. The minimum atomic E-state index is -0.777. The fourth-order valence-corrected chi connectivity index (χ4v) is 4.29. The Morgan fingerprint density at radius 3 is 2.61 bits per heavy atom. The van der Waals surface area contributed by atoms with Gasteiger partial charge in [-0.2, -0.15) is 0 Å². The molecule has 0 bridgehead atoms. The molecule has 10 nitrogen and oxygen atoms in total. The van der Waals surface area contributed by atoms with Crippen molar-refractivity contribution in [1.82, 2.24) is 15.2 Å². The van der Waals surface area contributed by atoms with E-state index < -0.39 is 23.5 Å². The van der Waals surface area contributed by atoms with Crippen molar-refractivity contribution >= 4 is 35.3 Å². The fourth-order valence-electron chi connectivity index (χ4n) is 4.29. The molecule has 38 heavy (non-hydrogen) atoms. The number of aryl methyl sites for hydroxylation is 1. The van der Waals surface area contributed by atoms with E-state index in [4.69, 9.17) is 4.74 Å². The molecule has 0 saturated carbocycles. The fraction of sp³-hybridized carbons (Fsp3) is 0.464. The molecule has 0 aromatic carbocycles. The molecule has 2 aliphatic heterocycles. The van der Waals surface area contributed by atoms with Gasteiger partial charge in [-0.3, -0.25) is 19.7 Å². The van der Waals surface area contributed by atoms with Gasteiger partial charge in [0.05, 0.1) is 17.9 Å². The number of hydrogen-bond acceptors (Lipinski definition) is 6. The van der Waals surface area contributed by atoms with Gasteiger partial charge >= 0.3 is 17.9 Å². The molecule has 0 unspecified atom stereocenters. The number of amides is 4. The van der Waals surface area contributed by atoms with Crippen LogP contribution in [0.1, 0.15) is 65.4 Å². The van der Waals surface area contributed by atoms with Crippen molar-refractivity contribution in [3.05, 3.63) is 53.4 Å². The quantitative estimate of drug-likeness (QED) is 0.389. The monoisotopic (exact) mass is 523 g/mol. The number of carbonyl (C=O) groups excluding carboxylic acids is 4. The molecular weight excluding hydrogens is 486 g/mol. The Hall–Kier alpha value is -3.95. The molecule has 204 valence electrons. The number of piperidine rings is 1. The van der Waals surface area contributed by atoms with Crippen LogP contribution in [0.2, 0.25) is 0 Å². The second-order valence-electron chi connectivity index (χ2n) is 10.6. The predicted molar refractivity (Wildman–Crippen MR) is 145 cm³/mol. The summed E-state index contributed by atoms with van der Waals surface area (Å²) in [7, 11) is 0. The lowest BCUT2D eigenvalue weighted by Gasteiger charge is -2.35. The van der Waals surface area contributed by atoms with Gasteiger partial charge in [-0.1, -0.05) is 12.7 Å². The van der Waals surface area contributed by atoms with E-state index >= 15 is 0 Å². The molecule has 2 aliphatic rings. The average Bonchev–Trinajstić information content (AvgIpc) is 2.84. The zero-order chi connectivity index (χ0) is 28.0. The van der Waals surface area contributed by atoms with Gasteiger partial charge in [0.25, 0.3) is 0 Å². The summed E-state index contributed by atoms with van der Waals surface area (Å²) >= 11 is 0. The van der Waals surface area contributed by atoms with Crippen molar-refractivity contribution in [2.75, 3.05) is 17.2 Å². The number of anilines is 2. The molecule has 0 spiro atoms. The highest BCUT2D eigenvalue weighted by atomic mass is 16.6. The van der Waals surface area contributed by atoms with Crippen LogP contribution in [0.25, 0.3) is 0 Å². The average molecular weight is 524 g/mol. The minimum Gasteiger partial charge on any atom is -0.444 e. The van der Waals surface area contributed by atoms with Gasteiger partial charge in [0.2, 0.25) is 5.91 Å². The highest BCUT2D eigenvalue weighted by molar-refractivity contribution is 6.39. The first-order valence-corrected chi connectivity index (χ1v) is 12.8. The van der Waals surface area contributed by atoms with E-state index in [0.717, 1.165) is 24.1 Å². The standard InChI is InChI=1S/C28H37N5O5/c1-17-11-13-23(34)31-21(17)12-10-18(2)22-9-7-8-14-33(22)26(36)25(35)30-20-15-19(3)24(29-16-20)32-27(37)38-28(4,5)6/h10,12,15-16,22H,2,7-9,11,13-14H2,1,3-6H3,(H,30,35)(H,31,34)(H,29,32,37)/b12-10-/t22-/m0/s1. The van der Waals surface area contributed by atoms with Crippen LogP contribution in [0.3, 0.4) is 0 Å². The molecule has 10 heteroatoms. The molecule has 0 aliphatic carbocycles. The maximum Gasteiger partial charge on any atom is 0.413 e. The minimum absolute atomic E-state index is 0.0228. The molecule has 1 aromatic heterocycles. The second kappa shape index (κ2) is 12.1. The van der Waals surface area contributed by atoms with Crippen molar-refractivity contribution in [3.8, 4) is 0 Å². The second-order valence-corrected chi connectivity index (χ2v) is 10.6. The predicted octanol–water partition coefficient (Wildman–Crippen LogP) is 4.35. The molecule has 3 N–H and O–H groups in total. The lowest BCUT2D eigenvalue weighted by molar-refractivity contribution is -0.145. The molecule has 4 amide bonds. The van der Waals surface area contributed by atoms with Crippen molar-refractivity contribution in [1.29, 1.82) is 0 Å². The van der Waals surface area contributed by atoms with Crippen molar-refractivity contribution in [2.45, 2.75) is 78.4 Å². The van der Waals surface area contributed by atoms with Crippen LogP contribution in [0, 0.1) is 6.92 Å². The SMILES string of the molecule is C=C(/C=C\C1=C(C)CCC(=O)N1)[C@@H]1CCCCN1C(=O)C(=O)Nc1cnc(NC(=O)OC(C)(C)C)c(C)c1. The van der Waals surface area contributed by atoms with E-state index in [9.17, 15) is 19.2 Å². The summed E-state index contributed by atoms with van der Waals surface area (Å²) in [5.74, 6) is -1.16. The van der Waals surface area contributed by atoms with Gasteiger partial charge in [0.1, 0.15) is 11.4 Å². The van der Waals surface area contributed by atoms with Crippen LogP contribution in [0.5, 0.6) is 0 Å². The van der Waals surface area contributed by atoms with E-state index in [0.29, 0.717) is 48.4 Å². The summed E-state index contributed by atoms with van der Waals surface area (Å²) in [4.78, 5) is 55.5. The Bertz CT molecular complexity index is 1190. The maximum absolute atomic E-state index is 13.1. The van der Waals surface area contributed by atoms with Crippen LogP contribution in [0.15, 0.2) is 47.8 Å². The van der Waals surface area contributed by atoms with Gasteiger partial charge in [0.15, 0.2) is 0 Å². The molecule has 1 atom stereocenters. The van der Waals surface area contributed by atoms with Gasteiger partial charge in [-0.05, 0) is 89.2 Å². The number of ether oxygens (including phenoxy) is 1. The summed E-state index contributed by atoms with van der Waals surface area (Å²) in [6.45, 7) is 13.6. The highest BCUT2D eigenvalue weighted by Crippen LogP contribution is 2.25. The summed E-state index contributed by atoms with van der Waals surface area (Å²) < 4.78 is 5.24. The Kier molecular flexibility index (Phi) is 9.08. The number of carbonyl (C=O) groups is 4. The van der Waals surface area contributed by atoms with E-state index in [-0.39, 0.29) is 11.9 Å². The topological polar surface area (TPSA) is 130 Å². The van der Waals surface area contributed by atoms with Gasteiger partial charge in [-0.15, -0.1) is 0 Å². The molecular formula is C28H37N5O5. The number of rotatable bonds is 5. The number of nitrogens with zero attached hydrogens (tertiary/aromatic N) is 2. The molecule has 1 saturated heterocycles. The van der Waals surface area contributed by atoms with Crippen molar-refractivity contribution in [3.63, 3.8) is 0 Å². The van der Waals surface area contributed by atoms with Crippen LogP contribution in [-0.4, -0.2) is 51.9 Å². The van der Waals surface area contributed by atoms with Crippen molar-refractivity contribution in [2.24, 2.45) is 0 Å². The largest absolute Gasteiger partial charge is 0.444 e. The van der Waals surface area contributed by atoms with E-state index in [1.165, 1.54) is 6.20 Å². The highest BCUT2D eigenvalue weighted by Gasteiger charge is 2.32. The number of allylic oxidation sites excluding steroid dienone is 2. The molecule has 0 radical (unpaired) electrons. The van der Waals surface area contributed by atoms with E-state index in [1.807, 2.05) is 19.1 Å². The first-order valence-electron chi connectivity index (χ1n) is 12.8. The van der Waals surface area contributed by atoms with E-state index in [1.54, 1.807) is 38.7 Å². The zero-order valence-electron chi connectivity index (χ0n) is 22.8. The lowest BCUT2D eigenvalue weighted by atomic mass is 9.95. The third-order valence-corrected chi connectivity index (χ3v) is 6.27. The van der Waals surface area contributed by atoms with Gasteiger partial charge < -0.3 is 20.3 Å². The Morgan fingerprint density at radius 1 is 1.18 bits per heavy atom. The first kappa shape index (κ1) is 28.6. The van der Waals surface area contributed by atoms with Gasteiger partial charge in [0, 0.05) is 18.7 Å². The lowest BCUT2D eigenvalue weighted by Crippen LogP contribution is -2.48. The number of pyridine rings is 1. The maximum atomic E-state index is 13.1. The summed E-state index contributed by atoms with van der Waals surface area (Å²) in [6, 6.07) is 1.30. The third-order valence-electron chi connectivity index (χ3n) is 6.27. The summed E-state index contributed by atoms with van der Waals surface area (Å²) in [5.41, 5.74) is 2.80. The summed E-state index contributed by atoms with van der Waals surface area (Å²) in [5, 5.41) is 8.06. The van der Waals surface area contributed by atoms with Crippen LogP contribution >= 0.6 is 0 Å². The summed E-state index contributed by atoms with van der Waals surface area (Å²) in [6.07, 6.45) is 7.93. The normalized spacial score (nSPS) is 18.2. The Labute approximate surface area is 223 Å².